The minimum Gasteiger partial charge on any atom is -0.449 e. The van der Waals surface area contributed by atoms with Crippen LogP contribution in [0.5, 0.6) is 0 Å². The normalized spacial score (nSPS) is 14.5. The van der Waals surface area contributed by atoms with Crippen LogP contribution in [0.15, 0.2) is 18.2 Å². The molecule has 0 aromatic heterocycles. The Balaban J connectivity index is 2.01. The first kappa shape index (κ1) is 18.7. The minimum atomic E-state index is -1.02. The average molecular weight is 351 g/mol. The summed E-state index contributed by atoms with van der Waals surface area (Å²) in [6.45, 7) is 2.07. The van der Waals surface area contributed by atoms with Gasteiger partial charge in [0.25, 0.3) is 11.6 Å². The van der Waals surface area contributed by atoms with E-state index in [9.17, 15) is 19.7 Å². The van der Waals surface area contributed by atoms with Gasteiger partial charge < -0.3 is 20.1 Å². The van der Waals surface area contributed by atoms with Crippen molar-refractivity contribution in [3.8, 4) is 0 Å². The first-order valence-corrected chi connectivity index (χ1v) is 7.95. The van der Waals surface area contributed by atoms with Crippen molar-refractivity contribution in [1.82, 2.24) is 5.32 Å². The highest BCUT2D eigenvalue weighted by molar-refractivity contribution is 5.93. The molecule has 0 unspecified atom stereocenters. The van der Waals surface area contributed by atoms with Crippen molar-refractivity contribution in [3.05, 3.63) is 33.9 Å². The molecule has 9 heteroatoms. The first-order valence-electron chi connectivity index (χ1n) is 7.95. The number of nitro benzene ring substituents is 1. The van der Waals surface area contributed by atoms with Crippen molar-refractivity contribution >= 4 is 23.3 Å². The number of hydrogen-bond donors (Lipinski definition) is 2. The van der Waals surface area contributed by atoms with Crippen LogP contribution in [0.25, 0.3) is 0 Å². The van der Waals surface area contributed by atoms with Gasteiger partial charge in [-0.15, -0.1) is 0 Å². The predicted molar refractivity (Wildman–Crippen MR) is 89.5 cm³/mol. The fourth-order valence-corrected chi connectivity index (χ4v) is 2.08. The highest BCUT2D eigenvalue weighted by atomic mass is 16.6. The third-order valence-electron chi connectivity index (χ3n) is 3.63. The summed E-state index contributed by atoms with van der Waals surface area (Å²) < 4.78 is 9.87. The van der Waals surface area contributed by atoms with E-state index in [-0.39, 0.29) is 17.3 Å². The van der Waals surface area contributed by atoms with Crippen LogP contribution in [-0.2, 0) is 14.3 Å². The van der Waals surface area contributed by atoms with Crippen molar-refractivity contribution in [2.75, 3.05) is 25.6 Å². The number of anilines is 1. The van der Waals surface area contributed by atoms with E-state index in [2.05, 4.69) is 10.6 Å². The number of amides is 1. The molecule has 1 aromatic carbocycles. The van der Waals surface area contributed by atoms with Gasteiger partial charge in [0.15, 0.2) is 6.10 Å². The van der Waals surface area contributed by atoms with E-state index in [1.807, 2.05) is 0 Å². The smallest absolute Gasteiger partial charge is 0.339 e. The number of hydrogen-bond acceptors (Lipinski definition) is 7. The lowest BCUT2D eigenvalue weighted by Gasteiger charge is -2.13. The van der Waals surface area contributed by atoms with Crippen LogP contribution >= 0.6 is 0 Å². The van der Waals surface area contributed by atoms with Crippen molar-refractivity contribution in [1.29, 1.82) is 0 Å². The highest BCUT2D eigenvalue weighted by Gasteiger charge is 2.26. The van der Waals surface area contributed by atoms with E-state index in [1.54, 1.807) is 0 Å². The van der Waals surface area contributed by atoms with Gasteiger partial charge in [0.05, 0.1) is 17.1 Å². The van der Waals surface area contributed by atoms with Gasteiger partial charge in [-0.1, -0.05) is 0 Å². The number of ether oxygens (including phenoxy) is 2. The summed E-state index contributed by atoms with van der Waals surface area (Å²) in [5.41, 5.74) is 0.192. The molecule has 1 aliphatic carbocycles. The summed E-state index contributed by atoms with van der Waals surface area (Å²) in [6.07, 6.45) is 0.917. The standard InChI is InChI=1S/C16H21N3O6/c1-10(15(20)17-7-8-24-2)25-16(21)11-3-6-13(18-12-4-5-12)14(9-11)19(22)23/h3,6,9-10,12,18H,4-5,7-8H2,1-2H3,(H,17,20)/t10-/m0/s1. The molecule has 2 N–H and O–H groups in total. The lowest BCUT2D eigenvalue weighted by molar-refractivity contribution is -0.384. The topological polar surface area (TPSA) is 120 Å². The van der Waals surface area contributed by atoms with Gasteiger partial charge in [-0.05, 0) is 31.9 Å². The van der Waals surface area contributed by atoms with Crippen molar-refractivity contribution in [2.45, 2.75) is 31.9 Å². The molecule has 25 heavy (non-hydrogen) atoms. The van der Waals surface area contributed by atoms with Crippen LogP contribution in [0.4, 0.5) is 11.4 Å². The van der Waals surface area contributed by atoms with Crippen LogP contribution in [0.3, 0.4) is 0 Å². The summed E-state index contributed by atoms with van der Waals surface area (Å²) in [5.74, 6) is -1.26. The summed E-state index contributed by atoms with van der Waals surface area (Å²) in [6, 6.07) is 4.32. The molecule has 0 heterocycles. The van der Waals surface area contributed by atoms with E-state index < -0.39 is 22.9 Å². The number of rotatable bonds is 9. The Morgan fingerprint density at radius 2 is 2.12 bits per heavy atom. The average Bonchev–Trinajstić information content (AvgIpc) is 3.38. The lowest BCUT2D eigenvalue weighted by atomic mass is 10.1. The Bertz CT molecular complexity index is 659. The van der Waals surface area contributed by atoms with Crippen LogP contribution < -0.4 is 10.6 Å². The molecule has 1 aliphatic rings. The van der Waals surface area contributed by atoms with Crippen LogP contribution in [0.1, 0.15) is 30.1 Å². The summed E-state index contributed by atoms with van der Waals surface area (Å²) >= 11 is 0. The molecule has 1 aromatic rings. The minimum absolute atomic E-state index is 0.0181. The Kier molecular flexibility index (Phi) is 6.29. The summed E-state index contributed by atoms with van der Waals surface area (Å²) in [4.78, 5) is 34.6. The van der Waals surface area contributed by atoms with Crippen LogP contribution in [-0.4, -0.2) is 49.2 Å². The maximum atomic E-state index is 12.1. The number of carbonyl (C=O) groups is 2. The second-order valence-electron chi connectivity index (χ2n) is 5.74. The second-order valence-corrected chi connectivity index (χ2v) is 5.74. The fourth-order valence-electron chi connectivity index (χ4n) is 2.08. The van der Waals surface area contributed by atoms with Gasteiger partial charge in [-0.3, -0.25) is 14.9 Å². The SMILES string of the molecule is COCCNC(=O)[C@H](C)OC(=O)c1ccc(NC2CC2)c([N+](=O)[O-])c1. The molecule has 0 saturated heterocycles. The molecule has 1 saturated carbocycles. The van der Waals surface area contributed by atoms with Gasteiger partial charge in [0.2, 0.25) is 0 Å². The number of methoxy groups -OCH3 is 1. The Hall–Kier alpha value is -2.68. The zero-order valence-corrected chi connectivity index (χ0v) is 14.1. The predicted octanol–water partition coefficient (Wildman–Crippen LogP) is 1.48. The number of carbonyl (C=O) groups excluding carboxylic acids is 2. The van der Waals surface area contributed by atoms with Crippen molar-refractivity contribution in [2.24, 2.45) is 0 Å². The third kappa shape index (κ3) is 5.42. The molecular formula is C16H21N3O6. The number of esters is 1. The van der Waals surface area contributed by atoms with E-state index in [1.165, 1.54) is 26.2 Å². The van der Waals surface area contributed by atoms with Gasteiger partial charge in [0, 0.05) is 25.8 Å². The Morgan fingerprint density at radius 1 is 1.40 bits per heavy atom. The molecule has 1 amide bonds. The molecule has 136 valence electrons. The third-order valence-corrected chi connectivity index (χ3v) is 3.63. The molecule has 2 rings (SSSR count). The quantitative estimate of drug-likeness (QED) is 0.299. The molecule has 1 atom stereocenters. The Morgan fingerprint density at radius 3 is 2.72 bits per heavy atom. The molecular weight excluding hydrogens is 330 g/mol. The summed E-state index contributed by atoms with van der Waals surface area (Å²) in [7, 11) is 1.50. The second kappa shape index (κ2) is 8.43. The molecule has 9 nitrogen and oxygen atoms in total. The van der Waals surface area contributed by atoms with E-state index in [0.717, 1.165) is 18.9 Å². The van der Waals surface area contributed by atoms with Gasteiger partial charge >= 0.3 is 5.97 Å². The zero-order chi connectivity index (χ0) is 18.4. The lowest BCUT2D eigenvalue weighted by Crippen LogP contribution is -2.37. The van der Waals surface area contributed by atoms with Crippen molar-refractivity contribution in [3.63, 3.8) is 0 Å². The number of nitro groups is 1. The number of benzene rings is 1. The number of nitrogens with zero attached hydrogens (tertiary/aromatic N) is 1. The monoisotopic (exact) mass is 351 g/mol. The van der Waals surface area contributed by atoms with E-state index >= 15 is 0 Å². The Labute approximate surface area is 144 Å². The van der Waals surface area contributed by atoms with Crippen LogP contribution in [0.2, 0.25) is 0 Å². The van der Waals surface area contributed by atoms with E-state index in [4.69, 9.17) is 9.47 Å². The zero-order valence-electron chi connectivity index (χ0n) is 14.1. The maximum absolute atomic E-state index is 12.1. The molecule has 0 aliphatic heterocycles. The fraction of sp³-hybridized carbons (Fsp3) is 0.500. The molecule has 0 bridgehead atoms. The largest absolute Gasteiger partial charge is 0.449 e. The van der Waals surface area contributed by atoms with E-state index in [0.29, 0.717) is 18.8 Å². The molecule has 1 fully saturated rings. The van der Waals surface area contributed by atoms with Gasteiger partial charge in [-0.25, -0.2) is 4.79 Å². The highest BCUT2D eigenvalue weighted by Crippen LogP contribution is 2.31. The first-order chi connectivity index (χ1) is 11.9. The summed E-state index contributed by atoms with van der Waals surface area (Å²) in [5, 5.41) is 16.8. The maximum Gasteiger partial charge on any atom is 0.339 e. The molecule has 0 radical (unpaired) electrons. The van der Waals surface area contributed by atoms with Crippen LogP contribution in [0, 0.1) is 10.1 Å². The van der Waals surface area contributed by atoms with Gasteiger partial charge in [0.1, 0.15) is 5.69 Å². The van der Waals surface area contributed by atoms with Gasteiger partial charge in [-0.2, -0.15) is 0 Å². The van der Waals surface area contributed by atoms with Crippen molar-refractivity contribution < 1.29 is 24.0 Å². The number of nitrogens with one attached hydrogen (secondary N) is 2. The molecule has 0 spiro atoms.